The molecule has 1 aromatic rings. The van der Waals surface area contributed by atoms with Crippen molar-refractivity contribution in [1.29, 1.82) is 0 Å². The second kappa shape index (κ2) is 6.95. The van der Waals surface area contributed by atoms with Crippen LogP contribution in [0.15, 0.2) is 24.3 Å². The lowest BCUT2D eigenvalue weighted by atomic mass is 10.1. The maximum atomic E-state index is 5.41. The number of terminal acetylenes is 1. The van der Waals surface area contributed by atoms with Crippen LogP contribution < -0.4 is 5.32 Å². The summed E-state index contributed by atoms with van der Waals surface area (Å²) in [6, 6.07) is 8.74. The average molecular weight is 215 g/mol. The van der Waals surface area contributed by atoms with Gasteiger partial charge in [-0.25, -0.2) is 0 Å². The minimum absolute atomic E-state index is 0.140. The summed E-state index contributed by atoms with van der Waals surface area (Å²) in [6.45, 7) is 4.31. The summed E-state index contributed by atoms with van der Waals surface area (Å²) < 4.78 is 0. The molecular weight excluding hydrogens is 194 g/mol. The van der Waals surface area contributed by atoms with Crippen molar-refractivity contribution >= 4 is 5.69 Å². The molecule has 1 rings (SSSR count). The summed E-state index contributed by atoms with van der Waals surface area (Å²) in [6.07, 6.45) is 10.0. The molecule has 0 bridgehead atoms. The molecule has 0 aliphatic carbocycles. The van der Waals surface area contributed by atoms with Crippen LogP contribution in [0.25, 0.3) is 0 Å². The number of anilines is 1. The normalized spacial score (nSPS) is 11.8. The second-order valence-corrected chi connectivity index (χ2v) is 4.07. The van der Waals surface area contributed by atoms with Crippen molar-refractivity contribution in [3.05, 3.63) is 29.8 Å². The third kappa shape index (κ3) is 3.98. The first-order chi connectivity index (χ1) is 7.80. The highest BCUT2D eigenvalue weighted by molar-refractivity contribution is 5.46. The van der Waals surface area contributed by atoms with Gasteiger partial charge in [0.25, 0.3) is 0 Å². The molecule has 1 aromatic carbocycles. The SMILES string of the molecule is C#CC(CC)Nc1ccc(CCCC)cc1. The van der Waals surface area contributed by atoms with Crippen molar-refractivity contribution in [3.8, 4) is 12.3 Å². The Labute approximate surface area is 99.3 Å². The lowest BCUT2D eigenvalue weighted by Gasteiger charge is -2.12. The number of nitrogens with one attached hydrogen (secondary N) is 1. The van der Waals surface area contributed by atoms with Crippen LogP contribution in [0.5, 0.6) is 0 Å². The molecule has 0 saturated heterocycles. The van der Waals surface area contributed by atoms with Crippen molar-refractivity contribution < 1.29 is 0 Å². The smallest absolute Gasteiger partial charge is 0.0871 e. The zero-order valence-corrected chi connectivity index (χ0v) is 10.3. The van der Waals surface area contributed by atoms with Crippen molar-refractivity contribution in [2.45, 2.75) is 45.6 Å². The fraction of sp³-hybridized carbons (Fsp3) is 0.467. The van der Waals surface area contributed by atoms with E-state index >= 15 is 0 Å². The van der Waals surface area contributed by atoms with Crippen LogP contribution in [0.4, 0.5) is 5.69 Å². The van der Waals surface area contributed by atoms with Gasteiger partial charge >= 0.3 is 0 Å². The molecule has 0 heterocycles. The predicted octanol–water partition coefficient (Wildman–Crippen LogP) is 3.85. The molecule has 0 spiro atoms. The van der Waals surface area contributed by atoms with Gasteiger partial charge in [-0.05, 0) is 37.0 Å². The molecule has 1 heteroatoms. The summed E-state index contributed by atoms with van der Waals surface area (Å²) in [5.41, 5.74) is 2.52. The number of hydrogen-bond donors (Lipinski definition) is 1. The number of aryl methyl sites for hydroxylation is 1. The summed E-state index contributed by atoms with van der Waals surface area (Å²) in [7, 11) is 0. The van der Waals surface area contributed by atoms with Crippen LogP contribution in [-0.4, -0.2) is 6.04 Å². The van der Waals surface area contributed by atoms with Crippen LogP contribution in [0.1, 0.15) is 38.7 Å². The van der Waals surface area contributed by atoms with Gasteiger partial charge in [0.15, 0.2) is 0 Å². The summed E-state index contributed by atoms with van der Waals surface area (Å²) in [5, 5.41) is 3.33. The molecular formula is C15H21N. The Kier molecular flexibility index (Phi) is 5.50. The Morgan fingerprint density at radius 3 is 2.44 bits per heavy atom. The van der Waals surface area contributed by atoms with Crippen LogP contribution in [-0.2, 0) is 6.42 Å². The first-order valence-corrected chi connectivity index (χ1v) is 6.11. The number of benzene rings is 1. The number of unbranched alkanes of at least 4 members (excludes halogenated alkanes) is 1. The molecule has 86 valence electrons. The molecule has 0 aliphatic rings. The zero-order chi connectivity index (χ0) is 11.8. The van der Waals surface area contributed by atoms with Crippen molar-refractivity contribution in [2.24, 2.45) is 0 Å². The number of hydrogen-bond acceptors (Lipinski definition) is 1. The summed E-state index contributed by atoms with van der Waals surface area (Å²) >= 11 is 0. The molecule has 0 amide bonds. The van der Waals surface area contributed by atoms with E-state index in [0.29, 0.717) is 0 Å². The summed E-state index contributed by atoms with van der Waals surface area (Å²) in [4.78, 5) is 0. The fourth-order valence-electron chi connectivity index (χ4n) is 1.61. The lowest BCUT2D eigenvalue weighted by Crippen LogP contribution is -2.15. The van der Waals surface area contributed by atoms with Crippen LogP contribution in [0, 0.1) is 12.3 Å². The van der Waals surface area contributed by atoms with Gasteiger partial charge in [-0.2, -0.15) is 0 Å². The largest absolute Gasteiger partial charge is 0.372 e. The fourth-order valence-corrected chi connectivity index (χ4v) is 1.61. The average Bonchev–Trinajstić information content (AvgIpc) is 2.35. The van der Waals surface area contributed by atoms with Gasteiger partial charge in [0.1, 0.15) is 0 Å². The third-order valence-electron chi connectivity index (χ3n) is 2.72. The Bertz CT molecular complexity index is 331. The molecule has 16 heavy (non-hydrogen) atoms. The van der Waals surface area contributed by atoms with E-state index in [9.17, 15) is 0 Å². The monoisotopic (exact) mass is 215 g/mol. The van der Waals surface area contributed by atoms with Crippen molar-refractivity contribution in [3.63, 3.8) is 0 Å². The Morgan fingerprint density at radius 1 is 1.25 bits per heavy atom. The zero-order valence-electron chi connectivity index (χ0n) is 10.3. The van der Waals surface area contributed by atoms with E-state index in [1.807, 2.05) is 0 Å². The van der Waals surface area contributed by atoms with Gasteiger partial charge in [0.2, 0.25) is 0 Å². The molecule has 0 fully saturated rings. The van der Waals surface area contributed by atoms with Crippen LogP contribution in [0.3, 0.4) is 0 Å². The quantitative estimate of drug-likeness (QED) is 0.711. The predicted molar refractivity (Wildman–Crippen MR) is 71.6 cm³/mol. The van der Waals surface area contributed by atoms with Crippen LogP contribution >= 0.6 is 0 Å². The van der Waals surface area contributed by atoms with Gasteiger partial charge in [-0.3, -0.25) is 0 Å². The topological polar surface area (TPSA) is 12.0 Å². The molecule has 1 atom stereocenters. The minimum Gasteiger partial charge on any atom is -0.372 e. The Morgan fingerprint density at radius 2 is 1.94 bits per heavy atom. The van der Waals surface area contributed by atoms with Gasteiger partial charge in [0.05, 0.1) is 6.04 Å². The van der Waals surface area contributed by atoms with E-state index in [1.165, 1.54) is 24.8 Å². The first-order valence-electron chi connectivity index (χ1n) is 6.11. The highest BCUT2D eigenvalue weighted by atomic mass is 14.9. The molecule has 1 unspecified atom stereocenters. The van der Waals surface area contributed by atoms with Crippen LogP contribution in [0.2, 0.25) is 0 Å². The van der Waals surface area contributed by atoms with Gasteiger partial charge in [0, 0.05) is 5.69 Å². The lowest BCUT2D eigenvalue weighted by molar-refractivity contribution is 0.795. The van der Waals surface area contributed by atoms with Crippen molar-refractivity contribution in [1.82, 2.24) is 0 Å². The molecule has 0 aromatic heterocycles. The minimum atomic E-state index is 0.140. The van der Waals surface area contributed by atoms with E-state index in [-0.39, 0.29) is 6.04 Å². The Hall–Kier alpha value is -1.42. The maximum Gasteiger partial charge on any atom is 0.0871 e. The van der Waals surface area contributed by atoms with Gasteiger partial charge < -0.3 is 5.32 Å². The first kappa shape index (κ1) is 12.6. The molecule has 0 radical (unpaired) electrons. The molecule has 1 N–H and O–H groups in total. The highest BCUT2D eigenvalue weighted by Crippen LogP contribution is 2.13. The van der Waals surface area contributed by atoms with Gasteiger partial charge in [-0.15, -0.1) is 6.42 Å². The molecule has 1 nitrogen and oxygen atoms in total. The highest BCUT2D eigenvalue weighted by Gasteiger charge is 2.00. The van der Waals surface area contributed by atoms with Gasteiger partial charge in [-0.1, -0.05) is 38.3 Å². The summed E-state index contributed by atoms with van der Waals surface area (Å²) in [5.74, 6) is 2.74. The van der Waals surface area contributed by atoms with Crippen molar-refractivity contribution in [2.75, 3.05) is 5.32 Å². The second-order valence-electron chi connectivity index (χ2n) is 4.07. The van der Waals surface area contributed by atoms with E-state index < -0.39 is 0 Å². The van der Waals surface area contributed by atoms with E-state index in [2.05, 4.69) is 49.4 Å². The van der Waals surface area contributed by atoms with E-state index in [1.54, 1.807) is 0 Å². The van der Waals surface area contributed by atoms with E-state index in [4.69, 9.17) is 6.42 Å². The standard InChI is InChI=1S/C15H21N/c1-4-7-8-13-9-11-15(12-10-13)16-14(5-2)6-3/h2,9-12,14,16H,4,6-8H2,1,3H3. The third-order valence-corrected chi connectivity index (χ3v) is 2.72. The Balaban J connectivity index is 2.54. The molecule has 0 saturated carbocycles. The maximum absolute atomic E-state index is 5.41. The van der Waals surface area contributed by atoms with E-state index in [0.717, 1.165) is 12.1 Å². The number of rotatable bonds is 6. The molecule has 0 aliphatic heterocycles.